The number of aromatic hydroxyl groups is 1. The van der Waals surface area contributed by atoms with E-state index < -0.39 is 4.83 Å². The van der Waals surface area contributed by atoms with Gasteiger partial charge in [0.15, 0.2) is 0 Å². The first kappa shape index (κ1) is 11.5. The first-order valence-corrected chi connectivity index (χ1v) is 5.53. The summed E-state index contributed by atoms with van der Waals surface area (Å²) in [7, 11) is 0. The van der Waals surface area contributed by atoms with E-state index in [0.717, 1.165) is 11.1 Å². The van der Waals surface area contributed by atoms with Crippen LogP contribution < -0.4 is 0 Å². The zero-order chi connectivity index (χ0) is 10.7. The van der Waals surface area contributed by atoms with Gasteiger partial charge < -0.3 is 5.11 Å². The molecule has 0 aliphatic heterocycles. The lowest BCUT2D eigenvalue weighted by Gasteiger charge is -2.11. The molecule has 1 aromatic carbocycles. The number of halogens is 2. The maximum atomic E-state index is 11.2. The van der Waals surface area contributed by atoms with Crippen LogP contribution in [0.15, 0.2) is 18.2 Å². The summed E-state index contributed by atoms with van der Waals surface area (Å²) in [6.07, 6.45) is 0. The Labute approximate surface area is 96.0 Å². The second-order valence-corrected chi connectivity index (χ2v) is 4.17. The summed E-state index contributed by atoms with van der Waals surface area (Å²) in [5.41, 5.74) is 1.58. The van der Waals surface area contributed by atoms with E-state index in [2.05, 4.69) is 15.9 Å². The molecule has 0 bridgehead atoms. The highest BCUT2D eigenvalue weighted by Gasteiger charge is 2.16. The van der Waals surface area contributed by atoms with Gasteiger partial charge in [0.25, 0.3) is 0 Å². The molecular formula is C10H10BrClO2. The summed E-state index contributed by atoms with van der Waals surface area (Å²) >= 11 is 8.98. The van der Waals surface area contributed by atoms with Gasteiger partial charge in [-0.1, -0.05) is 22.0 Å². The molecule has 0 aliphatic carbocycles. The molecule has 4 heteroatoms. The zero-order valence-electron chi connectivity index (χ0n) is 7.63. The Balaban J connectivity index is 3.16. The van der Waals surface area contributed by atoms with Crippen molar-refractivity contribution in [2.75, 3.05) is 0 Å². The van der Waals surface area contributed by atoms with Crippen molar-refractivity contribution >= 4 is 33.3 Å². The predicted octanol–water partition coefficient (Wildman–Crippen LogP) is 3.16. The summed E-state index contributed by atoms with van der Waals surface area (Å²) in [6, 6.07) is 4.83. The SMILES string of the molecule is CC(=O)C(Br)c1cc(O)ccc1CCl. The lowest BCUT2D eigenvalue weighted by Crippen LogP contribution is -2.03. The number of phenolic OH excluding ortho intramolecular Hbond substituents is 1. The lowest BCUT2D eigenvalue weighted by atomic mass is 10.0. The number of hydrogen-bond donors (Lipinski definition) is 1. The Morgan fingerprint density at radius 3 is 2.79 bits per heavy atom. The van der Waals surface area contributed by atoms with E-state index in [4.69, 9.17) is 11.6 Å². The van der Waals surface area contributed by atoms with Crippen molar-refractivity contribution in [3.63, 3.8) is 0 Å². The molecule has 0 aromatic heterocycles. The summed E-state index contributed by atoms with van der Waals surface area (Å²) in [5, 5.41) is 9.29. The standard InChI is InChI=1S/C10H10BrClO2/c1-6(13)10(11)9-4-8(14)3-2-7(9)5-12/h2-4,10,14H,5H2,1H3. The van der Waals surface area contributed by atoms with Crippen LogP contribution in [0.1, 0.15) is 22.9 Å². The third kappa shape index (κ3) is 2.49. The molecule has 1 atom stereocenters. The maximum Gasteiger partial charge on any atom is 0.147 e. The fourth-order valence-electron chi connectivity index (χ4n) is 1.16. The monoisotopic (exact) mass is 276 g/mol. The number of hydrogen-bond acceptors (Lipinski definition) is 2. The van der Waals surface area contributed by atoms with Gasteiger partial charge in [0.1, 0.15) is 11.5 Å². The number of phenols is 1. The number of alkyl halides is 2. The molecule has 1 rings (SSSR count). The average molecular weight is 278 g/mol. The minimum Gasteiger partial charge on any atom is -0.508 e. The van der Waals surface area contributed by atoms with Gasteiger partial charge in [0, 0.05) is 5.88 Å². The van der Waals surface area contributed by atoms with E-state index in [0.29, 0.717) is 5.88 Å². The summed E-state index contributed by atoms with van der Waals surface area (Å²) < 4.78 is 0. The van der Waals surface area contributed by atoms with Gasteiger partial charge in [-0.3, -0.25) is 4.79 Å². The summed E-state index contributed by atoms with van der Waals surface area (Å²) in [4.78, 5) is 10.8. The average Bonchev–Trinajstić information content (AvgIpc) is 2.16. The van der Waals surface area contributed by atoms with Gasteiger partial charge in [-0.2, -0.15) is 0 Å². The largest absolute Gasteiger partial charge is 0.508 e. The van der Waals surface area contributed by atoms with Gasteiger partial charge in [-0.25, -0.2) is 0 Å². The number of Topliss-reactive ketones (excluding diaryl/α,β-unsaturated/α-hetero) is 1. The van der Waals surface area contributed by atoms with Crippen molar-refractivity contribution in [2.45, 2.75) is 17.6 Å². The first-order chi connectivity index (χ1) is 6.56. The van der Waals surface area contributed by atoms with E-state index in [1.807, 2.05) is 0 Å². The molecule has 1 N–H and O–H groups in total. The highest BCUT2D eigenvalue weighted by atomic mass is 79.9. The summed E-state index contributed by atoms with van der Waals surface area (Å²) in [5.74, 6) is 0.451. The van der Waals surface area contributed by atoms with Crippen molar-refractivity contribution in [3.8, 4) is 5.75 Å². The smallest absolute Gasteiger partial charge is 0.147 e. The first-order valence-electron chi connectivity index (χ1n) is 4.08. The Bertz CT molecular complexity index is 352. The second-order valence-electron chi connectivity index (χ2n) is 2.99. The van der Waals surface area contributed by atoms with E-state index >= 15 is 0 Å². The lowest BCUT2D eigenvalue weighted by molar-refractivity contribution is -0.116. The van der Waals surface area contributed by atoms with Crippen molar-refractivity contribution in [1.82, 2.24) is 0 Å². The third-order valence-corrected chi connectivity index (χ3v) is 3.33. The third-order valence-electron chi connectivity index (χ3n) is 1.90. The molecule has 76 valence electrons. The number of benzene rings is 1. The van der Waals surface area contributed by atoms with Crippen molar-refractivity contribution in [1.29, 1.82) is 0 Å². The van der Waals surface area contributed by atoms with Crippen molar-refractivity contribution < 1.29 is 9.90 Å². The van der Waals surface area contributed by atoms with E-state index in [1.54, 1.807) is 18.2 Å². The Morgan fingerprint density at radius 1 is 1.64 bits per heavy atom. The van der Waals surface area contributed by atoms with Crippen molar-refractivity contribution in [2.24, 2.45) is 0 Å². The maximum absolute atomic E-state index is 11.2. The minimum absolute atomic E-state index is 0.0121. The van der Waals surface area contributed by atoms with Crippen LogP contribution >= 0.6 is 27.5 Å². The zero-order valence-corrected chi connectivity index (χ0v) is 9.97. The highest BCUT2D eigenvalue weighted by Crippen LogP contribution is 2.30. The molecule has 0 radical (unpaired) electrons. The fourth-order valence-corrected chi connectivity index (χ4v) is 1.83. The fraction of sp³-hybridized carbons (Fsp3) is 0.300. The van der Waals surface area contributed by atoms with Crippen LogP contribution in [0.25, 0.3) is 0 Å². The quantitative estimate of drug-likeness (QED) is 0.862. The van der Waals surface area contributed by atoms with Crippen LogP contribution in [0, 0.1) is 0 Å². The highest BCUT2D eigenvalue weighted by molar-refractivity contribution is 9.09. The molecule has 0 saturated carbocycles. The molecule has 0 fully saturated rings. The molecule has 14 heavy (non-hydrogen) atoms. The number of ketones is 1. The number of rotatable bonds is 3. The molecule has 2 nitrogen and oxygen atoms in total. The normalized spacial score (nSPS) is 12.5. The van der Waals surface area contributed by atoms with Crippen LogP contribution in [0.4, 0.5) is 0 Å². The molecular weight excluding hydrogens is 267 g/mol. The molecule has 0 saturated heterocycles. The minimum atomic E-state index is -0.400. The van der Waals surface area contributed by atoms with Crippen LogP contribution in [-0.2, 0) is 10.7 Å². The van der Waals surface area contributed by atoms with Crippen LogP contribution in [0.5, 0.6) is 5.75 Å². The molecule has 0 amide bonds. The van der Waals surface area contributed by atoms with E-state index in [1.165, 1.54) is 6.92 Å². The number of carbonyl (C=O) groups is 1. The Morgan fingerprint density at radius 2 is 2.29 bits per heavy atom. The second kappa shape index (κ2) is 4.80. The van der Waals surface area contributed by atoms with Crippen LogP contribution in [0.3, 0.4) is 0 Å². The van der Waals surface area contributed by atoms with Crippen LogP contribution in [0.2, 0.25) is 0 Å². The van der Waals surface area contributed by atoms with E-state index in [9.17, 15) is 9.90 Å². The number of carbonyl (C=O) groups excluding carboxylic acids is 1. The van der Waals surface area contributed by atoms with Crippen LogP contribution in [-0.4, -0.2) is 10.9 Å². The van der Waals surface area contributed by atoms with Gasteiger partial charge in [-0.15, -0.1) is 11.6 Å². The van der Waals surface area contributed by atoms with Gasteiger partial charge >= 0.3 is 0 Å². The Kier molecular flexibility index (Phi) is 3.96. The molecule has 0 aliphatic rings. The molecule has 1 aromatic rings. The van der Waals surface area contributed by atoms with Crippen molar-refractivity contribution in [3.05, 3.63) is 29.3 Å². The molecule has 0 heterocycles. The predicted molar refractivity (Wildman–Crippen MR) is 60.0 cm³/mol. The van der Waals surface area contributed by atoms with Gasteiger partial charge in [-0.05, 0) is 30.2 Å². The Hall–Kier alpha value is -0.540. The molecule has 0 spiro atoms. The van der Waals surface area contributed by atoms with Gasteiger partial charge in [0.2, 0.25) is 0 Å². The molecule has 1 unspecified atom stereocenters. The topological polar surface area (TPSA) is 37.3 Å². The van der Waals surface area contributed by atoms with Gasteiger partial charge in [0.05, 0.1) is 4.83 Å². The van der Waals surface area contributed by atoms with E-state index in [-0.39, 0.29) is 11.5 Å². The summed E-state index contributed by atoms with van der Waals surface area (Å²) in [6.45, 7) is 1.49.